The third-order valence-corrected chi connectivity index (χ3v) is 4.68. The lowest BCUT2D eigenvalue weighted by Gasteiger charge is -2.11. The summed E-state index contributed by atoms with van der Waals surface area (Å²) < 4.78 is 10.8. The van der Waals surface area contributed by atoms with Crippen molar-refractivity contribution in [2.75, 3.05) is 6.61 Å². The van der Waals surface area contributed by atoms with Crippen LogP contribution in [0, 0.1) is 6.61 Å². The van der Waals surface area contributed by atoms with E-state index < -0.39 is 0 Å². The molecule has 2 heteroatoms. The number of hydrogen-bond donors (Lipinski definition) is 0. The van der Waals surface area contributed by atoms with Crippen LogP contribution in [0.5, 0.6) is 0 Å². The van der Waals surface area contributed by atoms with Crippen LogP contribution in [0.2, 0.25) is 0 Å². The predicted octanol–water partition coefficient (Wildman–Crippen LogP) is 7.81. The van der Waals surface area contributed by atoms with E-state index in [0.29, 0.717) is 0 Å². The topological polar surface area (TPSA) is 18.5 Å². The Kier molecular flexibility index (Phi) is 20.9. The normalized spacial score (nSPS) is 12.6. The first-order chi connectivity index (χ1) is 11.8. The van der Waals surface area contributed by atoms with Crippen molar-refractivity contribution in [1.82, 2.24) is 0 Å². The van der Waals surface area contributed by atoms with Gasteiger partial charge in [0.2, 0.25) is 0 Å². The smallest absolute Gasteiger partial charge is 0.155 e. The molecule has 1 atom stereocenters. The zero-order valence-corrected chi connectivity index (χ0v) is 17.0. The first-order valence-electron chi connectivity index (χ1n) is 10.9. The summed E-state index contributed by atoms with van der Waals surface area (Å²) in [6, 6.07) is 0. The van der Waals surface area contributed by atoms with Gasteiger partial charge >= 0.3 is 0 Å². The quantitative estimate of drug-likeness (QED) is 0.166. The standard InChI is InChI=1S/C22H45O2/c1-4-6-7-8-9-10-11-12-13-14-15-16-17-18-19-20-21-24-22(3)23-5-2/h5,22H,4,6-21H2,1-3H3. The van der Waals surface area contributed by atoms with E-state index in [1.165, 1.54) is 96.3 Å². The molecule has 1 unspecified atom stereocenters. The Morgan fingerprint density at radius 1 is 0.625 bits per heavy atom. The second kappa shape index (κ2) is 21.0. The Labute approximate surface area is 153 Å². The molecule has 0 fully saturated rings. The average molecular weight is 342 g/mol. The van der Waals surface area contributed by atoms with Crippen molar-refractivity contribution in [3.8, 4) is 0 Å². The van der Waals surface area contributed by atoms with Crippen LogP contribution in [0.15, 0.2) is 0 Å². The van der Waals surface area contributed by atoms with Crippen LogP contribution in [0.3, 0.4) is 0 Å². The summed E-state index contributed by atoms with van der Waals surface area (Å²) in [4.78, 5) is 0. The van der Waals surface area contributed by atoms with E-state index in [4.69, 9.17) is 9.47 Å². The van der Waals surface area contributed by atoms with Gasteiger partial charge in [0, 0.05) is 6.61 Å². The van der Waals surface area contributed by atoms with Crippen molar-refractivity contribution in [3.05, 3.63) is 6.61 Å². The van der Waals surface area contributed by atoms with Crippen molar-refractivity contribution >= 4 is 0 Å². The summed E-state index contributed by atoms with van der Waals surface area (Å²) in [6.07, 6.45) is 22.4. The summed E-state index contributed by atoms with van der Waals surface area (Å²) in [7, 11) is 0. The molecule has 0 amide bonds. The molecule has 0 aromatic heterocycles. The SMILES string of the molecule is C[CH]OC(C)OCCCCCCCCCCCCCCCCCC. The van der Waals surface area contributed by atoms with E-state index in [9.17, 15) is 0 Å². The summed E-state index contributed by atoms with van der Waals surface area (Å²) in [5.41, 5.74) is 0. The summed E-state index contributed by atoms with van der Waals surface area (Å²) in [6.45, 7) is 8.64. The highest BCUT2D eigenvalue weighted by Crippen LogP contribution is 2.13. The first kappa shape index (κ1) is 23.9. The second-order valence-electron chi connectivity index (χ2n) is 7.11. The minimum absolute atomic E-state index is 0.0914. The highest BCUT2D eigenvalue weighted by Gasteiger charge is 1.99. The van der Waals surface area contributed by atoms with E-state index in [1.807, 2.05) is 13.8 Å². The molecule has 0 spiro atoms. The number of hydrogen-bond acceptors (Lipinski definition) is 2. The molecule has 0 rings (SSSR count). The van der Waals surface area contributed by atoms with Gasteiger partial charge in [0.05, 0.1) is 6.61 Å². The zero-order chi connectivity index (χ0) is 17.7. The Bertz CT molecular complexity index is 218. The highest BCUT2D eigenvalue weighted by molar-refractivity contribution is 4.50. The molecular formula is C22H45O2. The molecule has 24 heavy (non-hydrogen) atoms. The van der Waals surface area contributed by atoms with Crippen LogP contribution < -0.4 is 0 Å². The Morgan fingerprint density at radius 2 is 1.00 bits per heavy atom. The molecule has 0 saturated carbocycles. The molecule has 0 bridgehead atoms. The summed E-state index contributed by atoms with van der Waals surface area (Å²) in [5.74, 6) is 0. The second-order valence-corrected chi connectivity index (χ2v) is 7.11. The van der Waals surface area contributed by atoms with E-state index >= 15 is 0 Å². The maximum Gasteiger partial charge on any atom is 0.155 e. The fourth-order valence-corrected chi connectivity index (χ4v) is 3.13. The lowest BCUT2D eigenvalue weighted by atomic mass is 10.0. The Morgan fingerprint density at radius 3 is 1.38 bits per heavy atom. The fourth-order valence-electron chi connectivity index (χ4n) is 3.13. The minimum Gasteiger partial charge on any atom is -0.353 e. The van der Waals surface area contributed by atoms with E-state index in [-0.39, 0.29) is 6.29 Å². The Hall–Kier alpha value is -0.0800. The van der Waals surface area contributed by atoms with Crippen LogP contribution in [-0.4, -0.2) is 12.9 Å². The van der Waals surface area contributed by atoms with Gasteiger partial charge in [-0.05, 0) is 20.3 Å². The maximum atomic E-state index is 5.55. The molecule has 1 radical (unpaired) electrons. The summed E-state index contributed by atoms with van der Waals surface area (Å²) >= 11 is 0. The molecular weight excluding hydrogens is 296 g/mol. The van der Waals surface area contributed by atoms with Gasteiger partial charge in [-0.2, -0.15) is 0 Å². The van der Waals surface area contributed by atoms with Crippen molar-refractivity contribution in [2.45, 2.75) is 130 Å². The molecule has 0 aliphatic rings. The van der Waals surface area contributed by atoms with Gasteiger partial charge in [0.15, 0.2) is 6.29 Å². The van der Waals surface area contributed by atoms with E-state index in [1.54, 1.807) is 6.61 Å². The lowest BCUT2D eigenvalue weighted by Crippen LogP contribution is -2.11. The fraction of sp³-hybridized carbons (Fsp3) is 0.955. The van der Waals surface area contributed by atoms with Crippen LogP contribution in [0.1, 0.15) is 124 Å². The number of rotatable bonds is 20. The van der Waals surface area contributed by atoms with Crippen LogP contribution in [0.4, 0.5) is 0 Å². The van der Waals surface area contributed by atoms with Gasteiger partial charge in [-0.1, -0.05) is 103 Å². The third kappa shape index (κ3) is 20.0. The first-order valence-corrected chi connectivity index (χ1v) is 10.9. The number of unbranched alkanes of at least 4 members (excludes halogenated alkanes) is 15. The summed E-state index contributed by atoms with van der Waals surface area (Å²) in [5, 5.41) is 0. The molecule has 0 aromatic carbocycles. The van der Waals surface area contributed by atoms with Crippen molar-refractivity contribution in [3.63, 3.8) is 0 Å². The molecule has 0 saturated heterocycles. The van der Waals surface area contributed by atoms with E-state index in [2.05, 4.69) is 6.92 Å². The van der Waals surface area contributed by atoms with Crippen molar-refractivity contribution in [1.29, 1.82) is 0 Å². The lowest BCUT2D eigenvalue weighted by molar-refractivity contribution is -0.107. The third-order valence-electron chi connectivity index (χ3n) is 4.68. The molecule has 0 aromatic rings. The molecule has 2 nitrogen and oxygen atoms in total. The zero-order valence-electron chi connectivity index (χ0n) is 17.0. The van der Waals surface area contributed by atoms with E-state index in [0.717, 1.165) is 13.0 Å². The monoisotopic (exact) mass is 341 g/mol. The molecule has 145 valence electrons. The minimum atomic E-state index is -0.0914. The van der Waals surface area contributed by atoms with Gasteiger partial charge in [-0.3, -0.25) is 0 Å². The van der Waals surface area contributed by atoms with Crippen LogP contribution in [0.25, 0.3) is 0 Å². The van der Waals surface area contributed by atoms with Gasteiger partial charge in [0.1, 0.15) is 0 Å². The highest BCUT2D eigenvalue weighted by atomic mass is 16.7. The van der Waals surface area contributed by atoms with Gasteiger partial charge < -0.3 is 9.47 Å². The van der Waals surface area contributed by atoms with Gasteiger partial charge in [-0.25, -0.2) is 0 Å². The largest absolute Gasteiger partial charge is 0.353 e. The van der Waals surface area contributed by atoms with Crippen LogP contribution >= 0.6 is 0 Å². The molecule has 0 aliphatic heterocycles. The number of ether oxygens (including phenoxy) is 2. The molecule has 0 N–H and O–H groups in total. The average Bonchev–Trinajstić information content (AvgIpc) is 2.58. The maximum absolute atomic E-state index is 5.55. The van der Waals surface area contributed by atoms with Gasteiger partial charge in [-0.15, -0.1) is 0 Å². The molecule has 0 heterocycles. The predicted molar refractivity (Wildman–Crippen MR) is 106 cm³/mol. The molecule has 0 aliphatic carbocycles. The van der Waals surface area contributed by atoms with Gasteiger partial charge in [0.25, 0.3) is 0 Å². The van der Waals surface area contributed by atoms with Crippen LogP contribution in [-0.2, 0) is 9.47 Å². The Balaban J connectivity index is 3.00. The van der Waals surface area contributed by atoms with Crippen molar-refractivity contribution in [2.24, 2.45) is 0 Å². The van der Waals surface area contributed by atoms with Crippen molar-refractivity contribution < 1.29 is 9.47 Å².